The Kier molecular flexibility index (Phi) is 28.5. The zero-order valence-electron chi connectivity index (χ0n) is 15.2. The van der Waals surface area contributed by atoms with Crippen LogP contribution < -0.4 is 5.73 Å². The van der Waals surface area contributed by atoms with Gasteiger partial charge >= 0.3 is 5.97 Å². The van der Waals surface area contributed by atoms with Crippen molar-refractivity contribution in [1.82, 2.24) is 0 Å². The van der Waals surface area contributed by atoms with E-state index < -0.39 is 11.9 Å². The average Bonchev–Trinajstić information content (AvgIpc) is 2.56. The van der Waals surface area contributed by atoms with Gasteiger partial charge in [-0.3, -0.25) is 4.79 Å². The number of carbonyl (C=O) groups is 2. The number of hydrogen-bond donors (Lipinski definition) is 1. The Bertz CT molecular complexity index is 265. The van der Waals surface area contributed by atoms with Crippen LogP contribution >= 0.6 is 23.0 Å². The number of nitrogens with two attached hydrogens (primary N) is 1. The van der Waals surface area contributed by atoms with Gasteiger partial charge in [-0.1, -0.05) is 53.9 Å². The zero-order valence-corrected chi connectivity index (χ0v) is 17.4. The van der Waals surface area contributed by atoms with E-state index in [1.54, 1.807) is 0 Å². The molecule has 1 unspecified atom stereocenters. The molecule has 1 atom stereocenters. The fraction of sp³-hybridized carbons (Fsp3) is 0.875. The Labute approximate surface area is 155 Å². The lowest BCUT2D eigenvalue weighted by atomic mass is 10.0. The van der Waals surface area contributed by atoms with Crippen LogP contribution in [-0.2, 0) is 22.1 Å². The first kappa shape index (κ1) is 27.4. The van der Waals surface area contributed by atoms with E-state index in [-0.39, 0.29) is 19.1 Å². The first-order chi connectivity index (χ1) is 11.1. The molecule has 6 nitrogen and oxygen atoms in total. The number of rotatable bonds is 12. The van der Waals surface area contributed by atoms with Crippen LogP contribution in [0.4, 0.5) is 0 Å². The van der Waals surface area contributed by atoms with Crippen molar-refractivity contribution < 1.29 is 22.1 Å². The second-order valence-corrected chi connectivity index (χ2v) is 4.90. The summed E-state index contributed by atoms with van der Waals surface area (Å²) < 4.78 is 14.9. The molecule has 140 valence electrons. The van der Waals surface area contributed by atoms with Crippen molar-refractivity contribution in [3.8, 4) is 0 Å². The van der Waals surface area contributed by atoms with Crippen LogP contribution in [0.3, 0.4) is 0 Å². The first-order valence-electron chi connectivity index (χ1n) is 8.35. The first-order valence-corrected chi connectivity index (χ1v) is 9.23. The van der Waals surface area contributed by atoms with E-state index >= 15 is 0 Å². The molecule has 0 aliphatic rings. The molecule has 0 aliphatic carbocycles. The summed E-state index contributed by atoms with van der Waals surface area (Å²) in [6, 6.07) is 0. The molecular weight excluding hydrogens is 413 g/mol. The molecule has 0 aliphatic heterocycles. The lowest BCUT2D eigenvalue weighted by molar-refractivity contribution is -0.151. The van der Waals surface area contributed by atoms with Gasteiger partial charge in [0.2, 0.25) is 5.91 Å². The maximum Gasteiger partial charge on any atom is 0.332 e. The highest BCUT2D eigenvalue weighted by Crippen LogP contribution is 2.12. The Balaban J connectivity index is -0.000000919. The Hall–Kier alpha value is -0.410. The van der Waals surface area contributed by atoms with Crippen molar-refractivity contribution in [1.29, 1.82) is 0 Å². The number of hydrogen-bond acceptors (Lipinski definition) is 5. The third-order valence-electron chi connectivity index (χ3n) is 2.46. The molecule has 0 saturated heterocycles. The minimum atomic E-state index is -0.608. The molecule has 0 saturated carbocycles. The smallest absolute Gasteiger partial charge is 0.332 e. The van der Waals surface area contributed by atoms with E-state index in [0.717, 1.165) is 25.7 Å². The lowest BCUT2D eigenvalue weighted by Crippen LogP contribution is -2.24. The van der Waals surface area contributed by atoms with Crippen molar-refractivity contribution in [3.63, 3.8) is 0 Å². The summed E-state index contributed by atoms with van der Waals surface area (Å²) in [4.78, 5) is 21.7. The van der Waals surface area contributed by atoms with E-state index in [1.807, 2.05) is 50.7 Å². The number of halogens is 1. The van der Waals surface area contributed by atoms with Crippen LogP contribution in [0.15, 0.2) is 0 Å². The van der Waals surface area contributed by atoms with Crippen molar-refractivity contribution in [2.75, 3.05) is 26.4 Å². The molecule has 0 radical (unpaired) electrons. The molecule has 0 rings (SSSR count). The molecular formula is C16H34INO5. The molecule has 0 spiro atoms. The molecule has 0 bridgehead atoms. The predicted molar refractivity (Wildman–Crippen MR) is 101 cm³/mol. The van der Waals surface area contributed by atoms with Gasteiger partial charge < -0.3 is 18.3 Å². The van der Waals surface area contributed by atoms with Gasteiger partial charge in [0.15, 0.2) is 0 Å². The van der Waals surface area contributed by atoms with E-state index in [4.69, 9.17) is 18.3 Å². The maximum atomic E-state index is 11.3. The fourth-order valence-corrected chi connectivity index (χ4v) is 1.98. The van der Waals surface area contributed by atoms with Gasteiger partial charge in [-0.2, -0.15) is 0 Å². The van der Waals surface area contributed by atoms with Crippen LogP contribution in [0.5, 0.6) is 0 Å². The molecule has 2 N–H and O–H groups in total. The number of ether oxygens (including phenoxy) is 2. The van der Waals surface area contributed by atoms with Gasteiger partial charge in [0.25, 0.3) is 0 Å². The summed E-state index contributed by atoms with van der Waals surface area (Å²) in [6.45, 7) is 10.5. The lowest BCUT2D eigenvalue weighted by Gasteiger charge is -2.15. The molecule has 0 aromatic rings. The van der Waals surface area contributed by atoms with Gasteiger partial charge in [-0.05, 0) is 6.42 Å². The van der Waals surface area contributed by atoms with Crippen molar-refractivity contribution in [3.05, 3.63) is 0 Å². The van der Waals surface area contributed by atoms with Crippen molar-refractivity contribution in [2.24, 2.45) is 11.7 Å². The number of esters is 1. The summed E-state index contributed by atoms with van der Waals surface area (Å²) in [7, 11) is 0. The summed E-state index contributed by atoms with van der Waals surface area (Å²) >= 11 is 1.83. The predicted octanol–water partition coefficient (Wildman–Crippen LogP) is 3.65. The molecule has 23 heavy (non-hydrogen) atoms. The average molecular weight is 447 g/mol. The zero-order chi connectivity index (χ0) is 18.5. The molecule has 0 heterocycles. The van der Waals surface area contributed by atoms with Gasteiger partial charge in [0, 0.05) is 5.92 Å². The van der Waals surface area contributed by atoms with Crippen LogP contribution in [0, 0.1) is 5.92 Å². The number of amides is 1. The quantitative estimate of drug-likeness (QED) is 0.280. The normalized spacial score (nSPS) is 10.5. The van der Waals surface area contributed by atoms with Gasteiger partial charge in [-0.15, -0.1) is 0 Å². The van der Waals surface area contributed by atoms with E-state index in [1.165, 1.54) is 0 Å². The standard InChI is InChI=1S/C12H22INO5.2C2H6/c1-2-3-4-5-10(7-19-13)6-18-12(16)9-17-8-11(14)15;2*1-2/h10H,2-9H2,1H3,(H2,14,15);2*1-2H3. The van der Waals surface area contributed by atoms with Gasteiger partial charge in [0.1, 0.15) is 36.2 Å². The van der Waals surface area contributed by atoms with E-state index in [2.05, 4.69) is 6.92 Å². The van der Waals surface area contributed by atoms with Gasteiger partial charge in [0.05, 0.1) is 13.2 Å². The monoisotopic (exact) mass is 447 g/mol. The minimum absolute atomic E-state index is 0.198. The summed E-state index contributed by atoms with van der Waals surface area (Å²) in [5.41, 5.74) is 4.88. The second kappa shape index (κ2) is 23.9. The maximum absolute atomic E-state index is 11.3. The highest BCUT2D eigenvalue weighted by Gasteiger charge is 2.12. The minimum Gasteiger partial charge on any atom is -0.464 e. The molecule has 0 aromatic carbocycles. The fourth-order valence-electron chi connectivity index (χ4n) is 1.47. The highest BCUT2D eigenvalue weighted by molar-refractivity contribution is 14.1. The SMILES string of the molecule is CC.CC.CCCCCC(COI)COC(=O)COCC(N)=O. The topological polar surface area (TPSA) is 87.8 Å². The summed E-state index contributed by atoms with van der Waals surface area (Å²) in [6.07, 6.45) is 4.37. The van der Waals surface area contributed by atoms with Gasteiger partial charge in [-0.25, -0.2) is 4.79 Å². The van der Waals surface area contributed by atoms with Crippen LogP contribution in [-0.4, -0.2) is 38.3 Å². The number of carbonyl (C=O) groups excluding carboxylic acids is 2. The number of unbranched alkanes of at least 4 members (excludes halogenated alkanes) is 2. The molecule has 7 heteroatoms. The number of primary amides is 1. The third kappa shape index (κ3) is 24.0. The summed E-state index contributed by atoms with van der Waals surface area (Å²) in [5, 5.41) is 0. The molecule has 0 fully saturated rings. The van der Waals surface area contributed by atoms with Crippen LogP contribution in [0.1, 0.15) is 60.3 Å². The second-order valence-electron chi connectivity index (χ2n) is 4.28. The summed E-state index contributed by atoms with van der Waals surface area (Å²) in [5.74, 6) is -0.901. The molecule has 0 aromatic heterocycles. The Morgan fingerprint density at radius 3 is 2.13 bits per heavy atom. The highest BCUT2D eigenvalue weighted by atomic mass is 127. The van der Waals surface area contributed by atoms with Crippen LogP contribution in [0.2, 0.25) is 0 Å². The van der Waals surface area contributed by atoms with Crippen molar-refractivity contribution >= 4 is 34.9 Å². The molecule has 1 amide bonds. The van der Waals surface area contributed by atoms with Crippen molar-refractivity contribution in [2.45, 2.75) is 60.3 Å². The largest absolute Gasteiger partial charge is 0.464 e. The van der Waals surface area contributed by atoms with Crippen LogP contribution in [0.25, 0.3) is 0 Å². The Morgan fingerprint density at radius 1 is 1.04 bits per heavy atom. The van der Waals surface area contributed by atoms with E-state index in [9.17, 15) is 9.59 Å². The third-order valence-corrected chi connectivity index (χ3v) is 2.82. The Morgan fingerprint density at radius 2 is 1.65 bits per heavy atom. The van der Waals surface area contributed by atoms with E-state index in [0.29, 0.717) is 13.2 Å².